The second-order valence-electron chi connectivity index (χ2n) is 7.01. The van der Waals surface area contributed by atoms with Crippen LogP contribution in [0.5, 0.6) is 0 Å². The summed E-state index contributed by atoms with van der Waals surface area (Å²) in [6.07, 6.45) is -0.603. The van der Waals surface area contributed by atoms with Crippen molar-refractivity contribution < 1.29 is 19.4 Å². The fraction of sp³-hybridized carbons (Fsp3) is 0.529. The molecule has 0 aromatic heterocycles. The number of benzene rings is 1. The number of carbonyl (C=O) groups is 2. The Bertz CT molecular complexity index is 661. The van der Waals surface area contributed by atoms with Crippen LogP contribution in [-0.2, 0) is 16.1 Å². The van der Waals surface area contributed by atoms with Gasteiger partial charge in [0.1, 0.15) is 11.6 Å². The zero-order valence-electron chi connectivity index (χ0n) is 14.5. The lowest BCUT2D eigenvalue weighted by Crippen LogP contribution is -2.58. The van der Waals surface area contributed by atoms with Gasteiger partial charge < -0.3 is 9.84 Å². The van der Waals surface area contributed by atoms with Gasteiger partial charge in [-0.1, -0.05) is 29.3 Å². The van der Waals surface area contributed by atoms with Gasteiger partial charge in [0.05, 0.1) is 10.0 Å². The molecule has 138 valence electrons. The Balaban J connectivity index is 2.06. The Morgan fingerprint density at radius 3 is 2.48 bits per heavy atom. The summed E-state index contributed by atoms with van der Waals surface area (Å²) in [5, 5.41) is 10.4. The summed E-state index contributed by atoms with van der Waals surface area (Å²) < 4.78 is 5.31. The molecule has 1 aliphatic rings. The van der Waals surface area contributed by atoms with Crippen LogP contribution in [0.4, 0.5) is 4.79 Å². The van der Waals surface area contributed by atoms with E-state index in [1.807, 2.05) is 11.0 Å². The van der Waals surface area contributed by atoms with Crippen molar-refractivity contribution in [2.24, 2.45) is 0 Å². The molecular formula is C17H22Cl2N2O4. The molecule has 1 heterocycles. The maximum absolute atomic E-state index is 12.3. The average molecular weight is 389 g/mol. The van der Waals surface area contributed by atoms with Gasteiger partial charge in [0.2, 0.25) is 0 Å². The quantitative estimate of drug-likeness (QED) is 0.857. The van der Waals surface area contributed by atoms with Crippen LogP contribution in [0.2, 0.25) is 10.0 Å². The van der Waals surface area contributed by atoms with Crippen molar-refractivity contribution in [2.75, 3.05) is 19.6 Å². The number of carboxylic acids is 1. The lowest BCUT2D eigenvalue weighted by atomic mass is 10.1. The smallest absolute Gasteiger partial charge is 0.411 e. The number of ether oxygens (including phenoxy) is 1. The molecule has 1 amide bonds. The average Bonchev–Trinajstić information content (AvgIpc) is 2.49. The summed E-state index contributed by atoms with van der Waals surface area (Å²) in [5.41, 5.74) is 0.265. The summed E-state index contributed by atoms with van der Waals surface area (Å²) in [7, 11) is 0. The lowest BCUT2D eigenvalue weighted by molar-refractivity contribution is -0.145. The molecule has 1 aromatic rings. The number of halogens is 2. The molecule has 0 aliphatic carbocycles. The standard InChI is InChI=1S/C17H22Cl2N2O4/c1-17(2,3)25-16(24)21-7-6-20(10-14(21)15(22)23)9-11-4-5-12(18)13(19)8-11/h4-5,8,14H,6-7,9-10H2,1-3H3,(H,22,23)/t14-/m0/s1. The number of hydrogen-bond donors (Lipinski definition) is 1. The van der Waals surface area contributed by atoms with E-state index >= 15 is 0 Å². The van der Waals surface area contributed by atoms with Crippen molar-refractivity contribution in [1.82, 2.24) is 9.80 Å². The van der Waals surface area contributed by atoms with Crippen molar-refractivity contribution in [3.63, 3.8) is 0 Å². The number of aliphatic carboxylic acids is 1. The first-order valence-electron chi connectivity index (χ1n) is 7.95. The monoisotopic (exact) mass is 388 g/mol. The zero-order chi connectivity index (χ0) is 18.8. The summed E-state index contributed by atoms with van der Waals surface area (Å²) in [4.78, 5) is 27.1. The zero-order valence-corrected chi connectivity index (χ0v) is 16.0. The predicted molar refractivity (Wildman–Crippen MR) is 96.1 cm³/mol. The summed E-state index contributed by atoms with van der Waals surface area (Å²) in [6.45, 7) is 6.83. The highest BCUT2D eigenvalue weighted by Gasteiger charge is 2.37. The fourth-order valence-electron chi connectivity index (χ4n) is 2.63. The Morgan fingerprint density at radius 1 is 1.24 bits per heavy atom. The normalized spacial score (nSPS) is 18.9. The molecule has 0 bridgehead atoms. The van der Waals surface area contributed by atoms with Gasteiger partial charge in [0, 0.05) is 26.2 Å². The van der Waals surface area contributed by atoms with E-state index in [2.05, 4.69) is 0 Å². The first-order chi connectivity index (χ1) is 11.6. The minimum atomic E-state index is -1.05. The van der Waals surface area contributed by atoms with Gasteiger partial charge in [-0.2, -0.15) is 0 Å². The Kier molecular flexibility index (Phi) is 6.19. The van der Waals surface area contributed by atoms with Crippen LogP contribution in [0.1, 0.15) is 26.3 Å². The summed E-state index contributed by atoms with van der Waals surface area (Å²) in [6, 6.07) is 4.38. The number of piperazine rings is 1. The van der Waals surface area contributed by atoms with Crippen molar-refractivity contribution >= 4 is 35.3 Å². The minimum absolute atomic E-state index is 0.217. The third-order valence-electron chi connectivity index (χ3n) is 3.77. The van der Waals surface area contributed by atoms with Gasteiger partial charge in [-0.15, -0.1) is 0 Å². The number of carboxylic acid groups (broad SMARTS) is 1. The van der Waals surface area contributed by atoms with E-state index < -0.39 is 23.7 Å². The second kappa shape index (κ2) is 7.81. The third kappa shape index (κ3) is 5.49. The maximum atomic E-state index is 12.3. The first-order valence-corrected chi connectivity index (χ1v) is 8.71. The van der Waals surface area contributed by atoms with Gasteiger partial charge in [-0.3, -0.25) is 9.80 Å². The van der Waals surface area contributed by atoms with E-state index in [4.69, 9.17) is 27.9 Å². The molecule has 8 heteroatoms. The number of amides is 1. The van der Waals surface area contributed by atoms with Gasteiger partial charge in [-0.05, 0) is 38.5 Å². The molecule has 0 saturated carbocycles. The van der Waals surface area contributed by atoms with Crippen LogP contribution >= 0.6 is 23.2 Å². The van der Waals surface area contributed by atoms with E-state index in [1.165, 1.54) is 4.90 Å². The number of rotatable bonds is 3. The van der Waals surface area contributed by atoms with Crippen molar-refractivity contribution in [3.05, 3.63) is 33.8 Å². The highest BCUT2D eigenvalue weighted by Crippen LogP contribution is 2.24. The van der Waals surface area contributed by atoms with E-state index in [0.29, 0.717) is 23.1 Å². The number of carbonyl (C=O) groups excluding carboxylic acids is 1. The van der Waals surface area contributed by atoms with Crippen LogP contribution in [0.3, 0.4) is 0 Å². The molecule has 0 spiro atoms. The number of hydrogen-bond acceptors (Lipinski definition) is 4. The van der Waals surface area contributed by atoms with Gasteiger partial charge in [0.25, 0.3) is 0 Å². The van der Waals surface area contributed by atoms with Crippen molar-refractivity contribution in [3.8, 4) is 0 Å². The molecule has 1 fully saturated rings. The molecule has 1 saturated heterocycles. The van der Waals surface area contributed by atoms with Crippen LogP contribution in [0.15, 0.2) is 18.2 Å². The van der Waals surface area contributed by atoms with Crippen LogP contribution in [0.25, 0.3) is 0 Å². The highest BCUT2D eigenvalue weighted by molar-refractivity contribution is 6.42. The molecule has 25 heavy (non-hydrogen) atoms. The molecule has 6 nitrogen and oxygen atoms in total. The molecule has 0 unspecified atom stereocenters. The lowest BCUT2D eigenvalue weighted by Gasteiger charge is -2.39. The van der Waals surface area contributed by atoms with Crippen LogP contribution in [-0.4, -0.2) is 58.2 Å². The van der Waals surface area contributed by atoms with E-state index in [0.717, 1.165) is 5.56 Å². The van der Waals surface area contributed by atoms with Crippen LogP contribution in [0, 0.1) is 0 Å². The second-order valence-corrected chi connectivity index (χ2v) is 7.83. The highest BCUT2D eigenvalue weighted by atomic mass is 35.5. The SMILES string of the molecule is CC(C)(C)OC(=O)N1CCN(Cc2ccc(Cl)c(Cl)c2)C[C@H]1C(=O)O. The van der Waals surface area contributed by atoms with Gasteiger partial charge >= 0.3 is 12.1 Å². The predicted octanol–water partition coefficient (Wildman–Crippen LogP) is 3.50. The molecule has 0 radical (unpaired) electrons. The molecule has 1 aromatic carbocycles. The van der Waals surface area contributed by atoms with Gasteiger partial charge in [0.15, 0.2) is 0 Å². The summed E-state index contributed by atoms with van der Waals surface area (Å²) in [5.74, 6) is -1.05. The van der Waals surface area contributed by atoms with Gasteiger partial charge in [-0.25, -0.2) is 9.59 Å². The Morgan fingerprint density at radius 2 is 1.92 bits per heavy atom. The minimum Gasteiger partial charge on any atom is -0.480 e. The molecule has 1 N–H and O–H groups in total. The third-order valence-corrected chi connectivity index (χ3v) is 4.51. The molecule has 1 atom stereocenters. The Hall–Kier alpha value is -1.50. The molecule has 1 aliphatic heterocycles. The molecular weight excluding hydrogens is 367 g/mol. The molecule has 2 rings (SSSR count). The number of nitrogens with zero attached hydrogens (tertiary/aromatic N) is 2. The summed E-state index contributed by atoms with van der Waals surface area (Å²) >= 11 is 11.9. The van der Waals surface area contributed by atoms with Crippen molar-refractivity contribution in [1.29, 1.82) is 0 Å². The Labute approximate surface area is 157 Å². The van der Waals surface area contributed by atoms with Crippen LogP contribution < -0.4 is 0 Å². The fourth-order valence-corrected chi connectivity index (χ4v) is 2.95. The van der Waals surface area contributed by atoms with E-state index in [1.54, 1.807) is 32.9 Å². The van der Waals surface area contributed by atoms with E-state index in [9.17, 15) is 14.7 Å². The largest absolute Gasteiger partial charge is 0.480 e. The topological polar surface area (TPSA) is 70.1 Å². The maximum Gasteiger partial charge on any atom is 0.411 e. The van der Waals surface area contributed by atoms with E-state index in [-0.39, 0.29) is 13.1 Å². The van der Waals surface area contributed by atoms with Crippen molar-refractivity contribution in [2.45, 2.75) is 39.0 Å². The first kappa shape index (κ1) is 19.8.